The summed E-state index contributed by atoms with van der Waals surface area (Å²) in [5.41, 5.74) is 8.02. The predicted molar refractivity (Wildman–Crippen MR) is 297 cm³/mol. The number of nitrogens with one attached hydrogen (secondary N) is 1. The van der Waals surface area contributed by atoms with Crippen LogP contribution in [0, 0.1) is 0 Å². The maximum absolute atomic E-state index is 13.2. The van der Waals surface area contributed by atoms with Gasteiger partial charge in [-0.05, 0) is 93.1 Å². The minimum Gasteiger partial charge on any atom is -0.481 e. The Balaban J connectivity index is 0.000000282. The molecule has 428 valence electrons. The molecule has 0 fully saturated rings. The number of likely N-dealkylation sites (N-methyl/N-ethyl adjacent to an activating group) is 6. The molecule has 79 heavy (non-hydrogen) atoms. The molecule has 0 saturated carbocycles. The number of hydrogen-bond donors (Lipinski definition) is 3. The largest absolute Gasteiger partial charge is 0.481 e. The lowest BCUT2D eigenvalue weighted by Crippen LogP contribution is -2.51. The maximum Gasteiger partial charge on any atom is 0.410 e. The second-order valence-corrected chi connectivity index (χ2v) is 21.3. The molecule has 2 atom stereocenters. The summed E-state index contributed by atoms with van der Waals surface area (Å²) in [6, 6.07) is 30.4. The summed E-state index contributed by atoms with van der Waals surface area (Å²) in [5, 5.41) is 20.9. The summed E-state index contributed by atoms with van der Waals surface area (Å²) in [5.74, 6) is -3.42. The Morgan fingerprint density at radius 1 is 0.494 bits per heavy atom. The molecular formula is C59H78N6O14. The molecule has 5 amide bonds. The summed E-state index contributed by atoms with van der Waals surface area (Å²) in [6.07, 6.45) is -2.69. The third-order valence-electron chi connectivity index (χ3n) is 12.9. The quantitative estimate of drug-likeness (QED) is 0.0637. The topological polar surface area (TPSA) is 242 Å². The summed E-state index contributed by atoms with van der Waals surface area (Å²) in [4.78, 5) is 102. The Bertz CT molecular complexity index is 2700. The molecule has 4 aromatic carbocycles. The number of nitrogens with zero attached hydrogens (tertiary/aromatic N) is 5. The van der Waals surface area contributed by atoms with E-state index >= 15 is 0 Å². The number of hydrogen-bond acceptors (Lipinski definition) is 13. The van der Waals surface area contributed by atoms with Crippen LogP contribution < -0.4 is 5.32 Å². The molecule has 0 heterocycles. The van der Waals surface area contributed by atoms with Gasteiger partial charge >= 0.3 is 36.2 Å². The lowest BCUT2D eigenvalue weighted by Gasteiger charge is -2.31. The van der Waals surface area contributed by atoms with Crippen molar-refractivity contribution < 1.29 is 67.5 Å². The van der Waals surface area contributed by atoms with E-state index in [0.717, 1.165) is 27.2 Å². The molecule has 20 heteroatoms. The normalized spacial score (nSPS) is 12.9. The van der Waals surface area contributed by atoms with E-state index in [0.29, 0.717) is 13.2 Å². The first kappa shape index (κ1) is 63.5. The van der Waals surface area contributed by atoms with E-state index in [1.165, 1.54) is 69.9 Å². The molecule has 0 radical (unpaired) electrons. The number of carbonyl (C=O) groups is 8. The van der Waals surface area contributed by atoms with Crippen molar-refractivity contribution in [1.29, 1.82) is 0 Å². The third kappa shape index (κ3) is 18.6. The van der Waals surface area contributed by atoms with E-state index in [1.54, 1.807) is 62.7 Å². The van der Waals surface area contributed by atoms with Crippen molar-refractivity contribution >= 4 is 48.0 Å². The van der Waals surface area contributed by atoms with Gasteiger partial charge in [-0.25, -0.2) is 14.4 Å². The molecule has 0 aromatic heterocycles. The van der Waals surface area contributed by atoms with Crippen molar-refractivity contribution in [3.05, 3.63) is 119 Å². The van der Waals surface area contributed by atoms with Gasteiger partial charge in [0.15, 0.2) is 0 Å². The van der Waals surface area contributed by atoms with E-state index < -0.39 is 65.8 Å². The number of carboxylic acid groups (broad SMARTS) is 2. The van der Waals surface area contributed by atoms with Crippen LogP contribution in [0.4, 0.5) is 14.4 Å². The van der Waals surface area contributed by atoms with Gasteiger partial charge in [0.05, 0.1) is 18.9 Å². The Labute approximate surface area is 463 Å². The molecule has 4 aromatic rings. The van der Waals surface area contributed by atoms with Crippen molar-refractivity contribution in [2.75, 3.05) is 81.7 Å². The van der Waals surface area contributed by atoms with Gasteiger partial charge in [0.25, 0.3) is 0 Å². The molecule has 20 nitrogen and oxygen atoms in total. The van der Waals surface area contributed by atoms with Crippen LogP contribution >= 0.6 is 0 Å². The van der Waals surface area contributed by atoms with Crippen molar-refractivity contribution in [3.8, 4) is 22.3 Å². The van der Waals surface area contributed by atoms with Gasteiger partial charge in [0.2, 0.25) is 11.8 Å². The summed E-state index contributed by atoms with van der Waals surface area (Å²) in [7, 11) is 9.07. The van der Waals surface area contributed by atoms with Crippen LogP contribution in [0.3, 0.4) is 0 Å². The SMILES string of the molecule is CC(=O)OCC1c2ccccc2-c2ccccc21.CN(CCN(C)C(=O)[C@H](CC(=O)O)N(C)C(=O)OCC1c2ccccc2-c2ccccc21)C(=O)OC(C)(C)C.CN[C@@H](CC(=O)O)C(=O)N(C)CCN(C)C(=O)OC(C)(C)C. The minimum atomic E-state index is -1.28. The Morgan fingerprint density at radius 3 is 1.15 bits per heavy atom. The molecule has 0 bridgehead atoms. The highest BCUT2D eigenvalue weighted by molar-refractivity contribution is 5.89. The lowest BCUT2D eigenvalue weighted by molar-refractivity contribution is -0.144. The van der Waals surface area contributed by atoms with Gasteiger partial charge in [-0.15, -0.1) is 0 Å². The molecule has 6 rings (SSSR count). The minimum absolute atomic E-state index is 0.0434. The summed E-state index contributed by atoms with van der Waals surface area (Å²) >= 11 is 0. The number of aliphatic carboxylic acids is 2. The monoisotopic (exact) mass is 1090 g/mol. The molecule has 3 N–H and O–H groups in total. The van der Waals surface area contributed by atoms with Crippen LogP contribution in [0.25, 0.3) is 22.3 Å². The molecule has 0 saturated heterocycles. The highest BCUT2D eigenvalue weighted by Gasteiger charge is 2.35. The van der Waals surface area contributed by atoms with E-state index in [-0.39, 0.29) is 56.4 Å². The fourth-order valence-electron chi connectivity index (χ4n) is 8.71. The summed E-state index contributed by atoms with van der Waals surface area (Å²) < 4.78 is 21.3. The number of benzene rings is 4. The number of carbonyl (C=O) groups excluding carboxylic acids is 6. The van der Waals surface area contributed by atoms with Gasteiger partial charge in [0.1, 0.15) is 30.5 Å². The first-order chi connectivity index (χ1) is 37.0. The van der Waals surface area contributed by atoms with Crippen molar-refractivity contribution in [2.24, 2.45) is 0 Å². The van der Waals surface area contributed by atoms with E-state index in [1.807, 2.05) is 72.8 Å². The van der Waals surface area contributed by atoms with Crippen LogP contribution in [0.5, 0.6) is 0 Å². The molecule has 2 aliphatic rings. The summed E-state index contributed by atoms with van der Waals surface area (Å²) in [6.45, 7) is 13.4. The number of esters is 1. The number of amides is 5. The lowest BCUT2D eigenvalue weighted by atomic mass is 9.98. The first-order valence-electron chi connectivity index (χ1n) is 25.9. The highest BCUT2D eigenvalue weighted by Crippen LogP contribution is 2.45. The van der Waals surface area contributed by atoms with Gasteiger partial charge in [-0.3, -0.25) is 28.9 Å². The zero-order valence-corrected chi connectivity index (χ0v) is 47.7. The molecule has 0 unspecified atom stereocenters. The van der Waals surface area contributed by atoms with Crippen molar-refractivity contribution in [1.82, 2.24) is 29.8 Å². The van der Waals surface area contributed by atoms with Gasteiger partial charge in [-0.1, -0.05) is 97.1 Å². The fraction of sp³-hybridized carbons (Fsp3) is 0.458. The predicted octanol–water partition coefficient (Wildman–Crippen LogP) is 7.77. The maximum atomic E-state index is 13.2. The van der Waals surface area contributed by atoms with Crippen LogP contribution in [0.1, 0.15) is 95.4 Å². The van der Waals surface area contributed by atoms with Crippen molar-refractivity contribution in [3.63, 3.8) is 0 Å². The van der Waals surface area contributed by atoms with Crippen molar-refractivity contribution in [2.45, 2.75) is 96.4 Å². The number of fused-ring (bicyclic) bond motifs is 6. The smallest absolute Gasteiger partial charge is 0.410 e. The molecule has 0 spiro atoms. The average Bonchev–Trinajstić information content (AvgIpc) is 4.14. The Morgan fingerprint density at radius 2 is 0.823 bits per heavy atom. The Hall–Kier alpha value is -8.00. The van der Waals surface area contributed by atoms with Crippen LogP contribution in [0.2, 0.25) is 0 Å². The van der Waals surface area contributed by atoms with Crippen LogP contribution in [-0.2, 0) is 42.9 Å². The van der Waals surface area contributed by atoms with Gasteiger partial charge < -0.3 is 54.1 Å². The van der Waals surface area contributed by atoms with Gasteiger partial charge in [0, 0.05) is 80.2 Å². The van der Waals surface area contributed by atoms with Crippen LogP contribution in [-0.4, -0.2) is 188 Å². The second-order valence-electron chi connectivity index (χ2n) is 21.3. The molecular weight excluding hydrogens is 1020 g/mol. The Kier molecular flexibility index (Phi) is 23.0. The van der Waals surface area contributed by atoms with Gasteiger partial charge in [-0.2, -0.15) is 0 Å². The number of carboxylic acids is 2. The number of rotatable bonds is 18. The average molecular weight is 1100 g/mol. The van der Waals surface area contributed by atoms with E-state index in [2.05, 4.69) is 29.6 Å². The standard InChI is InChI=1S/C29H37N3O7.C16H14O2.C14H27N3O5/c1-29(2,3)39-27(36)31(5)16-15-30(4)26(35)24(17-25(33)34)32(6)28(37)38-18-23-21-13-9-7-11-19(21)20-12-8-10-14-22(20)23;1-11(17)18-10-16-14-8-4-2-6-12(14)13-7-3-5-9-15(13)16;1-14(2,3)22-13(21)17(6)8-7-16(5)12(20)10(15-4)9-11(18)19/h7-14,23-24H,15-18H2,1-6H3,(H,33,34);2-9,16H,10H2,1H3;10,15H,7-9H2,1-6H3,(H,18,19)/t24-;;10-/m0.0/s1. The number of ether oxygens (including phenoxy) is 4. The first-order valence-corrected chi connectivity index (χ1v) is 25.9. The second kappa shape index (κ2) is 28.6. The third-order valence-corrected chi connectivity index (χ3v) is 12.9. The highest BCUT2D eigenvalue weighted by atomic mass is 16.6. The fourth-order valence-corrected chi connectivity index (χ4v) is 8.71. The zero-order chi connectivity index (χ0) is 58.9. The molecule has 2 aliphatic carbocycles. The van der Waals surface area contributed by atoms with E-state index in [9.17, 15) is 43.5 Å². The molecule has 0 aliphatic heterocycles. The zero-order valence-electron chi connectivity index (χ0n) is 47.7. The van der Waals surface area contributed by atoms with E-state index in [4.69, 9.17) is 24.1 Å². The van der Waals surface area contributed by atoms with Crippen LogP contribution in [0.15, 0.2) is 97.1 Å².